The Morgan fingerprint density at radius 3 is 3.19 bits per heavy atom. The molecule has 1 aliphatic heterocycles. The van der Waals surface area contributed by atoms with E-state index in [-0.39, 0.29) is 12.4 Å². The van der Waals surface area contributed by atoms with Crippen LogP contribution >= 0.6 is 12.4 Å². The number of fused-ring (bicyclic) bond motifs is 1. The Labute approximate surface area is 99.9 Å². The van der Waals surface area contributed by atoms with Crippen molar-refractivity contribution in [1.82, 2.24) is 24.6 Å². The van der Waals surface area contributed by atoms with Crippen LogP contribution in [-0.2, 0) is 19.6 Å². The van der Waals surface area contributed by atoms with Gasteiger partial charge in [-0.15, -0.1) is 12.4 Å². The zero-order chi connectivity index (χ0) is 10.1. The summed E-state index contributed by atoms with van der Waals surface area (Å²) in [4.78, 5) is 4.40. The second kappa shape index (κ2) is 4.67. The van der Waals surface area contributed by atoms with Gasteiger partial charge in [0.2, 0.25) is 0 Å². The van der Waals surface area contributed by atoms with Crippen molar-refractivity contribution in [2.45, 2.75) is 19.6 Å². The van der Waals surface area contributed by atoms with Gasteiger partial charge in [0.15, 0.2) is 0 Å². The van der Waals surface area contributed by atoms with E-state index < -0.39 is 0 Å². The Balaban J connectivity index is 0.000000963. The SMILES string of the molecule is Cl.c1cnn(Cc2cnc3n2CCNC3)c1. The molecule has 0 saturated heterocycles. The van der Waals surface area contributed by atoms with Gasteiger partial charge < -0.3 is 9.88 Å². The molecule has 0 aliphatic carbocycles. The monoisotopic (exact) mass is 239 g/mol. The molecule has 2 aromatic rings. The quantitative estimate of drug-likeness (QED) is 0.837. The highest BCUT2D eigenvalue weighted by molar-refractivity contribution is 5.85. The highest BCUT2D eigenvalue weighted by atomic mass is 35.5. The van der Waals surface area contributed by atoms with Crippen molar-refractivity contribution >= 4 is 12.4 Å². The average Bonchev–Trinajstić information content (AvgIpc) is 2.89. The summed E-state index contributed by atoms with van der Waals surface area (Å²) >= 11 is 0. The summed E-state index contributed by atoms with van der Waals surface area (Å²) in [6, 6.07) is 1.94. The fourth-order valence-electron chi connectivity index (χ4n) is 1.95. The first kappa shape index (κ1) is 11.2. The van der Waals surface area contributed by atoms with Gasteiger partial charge in [-0.25, -0.2) is 4.98 Å². The molecule has 0 radical (unpaired) electrons. The zero-order valence-corrected chi connectivity index (χ0v) is 9.65. The number of hydrogen-bond donors (Lipinski definition) is 1. The third-order valence-corrected chi connectivity index (χ3v) is 2.70. The van der Waals surface area contributed by atoms with Crippen molar-refractivity contribution in [2.24, 2.45) is 0 Å². The van der Waals surface area contributed by atoms with Crippen molar-refractivity contribution in [3.8, 4) is 0 Å². The first-order valence-corrected chi connectivity index (χ1v) is 5.15. The van der Waals surface area contributed by atoms with E-state index in [0.29, 0.717) is 0 Å². The van der Waals surface area contributed by atoms with Crippen molar-refractivity contribution in [2.75, 3.05) is 6.54 Å². The second-order valence-electron chi connectivity index (χ2n) is 3.70. The lowest BCUT2D eigenvalue weighted by Gasteiger charge is -2.17. The van der Waals surface area contributed by atoms with Crippen LogP contribution in [0.2, 0.25) is 0 Å². The Kier molecular flexibility index (Phi) is 3.26. The summed E-state index contributed by atoms with van der Waals surface area (Å²) in [7, 11) is 0. The van der Waals surface area contributed by atoms with Crippen molar-refractivity contribution < 1.29 is 0 Å². The van der Waals surface area contributed by atoms with E-state index in [0.717, 1.165) is 32.0 Å². The molecule has 0 saturated carbocycles. The molecule has 16 heavy (non-hydrogen) atoms. The number of aromatic nitrogens is 4. The smallest absolute Gasteiger partial charge is 0.122 e. The van der Waals surface area contributed by atoms with E-state index in [1.54, 1.807) is 6.20 Å². The average molecular weight is 240 g/mol. The molecule has 6 heteroatoms. The normalized spacial score (nSPS) is 14.2. The highest BCUT2D eigenvalue weighted by Gasteiger charge is 2.13. The number of halogens is 1. The van der Waals surface area contributed by atoms with Gasteiger partial charge in [0.05, 0.1) is 25.0 Å². The van der Waals surface area contributed by atoms with Crippen LogP contribution in [0.5, 0.6) is 0 Å². The molecule has 0 atom stereocenters. The van der Waals surface area contributed by atoms with Gasteiger partial charge in [-0.05, 0) is 6.07 Å². The molecule has 86 valence electrons. The highest BCUT2D eigenvalue weighted by Crippen LogP contribution is 2.09. The van der Waals surface area contributed by atoms with Gasteiger partial charge in [-0.3, -0.25) is 4.68 Å². The molecule has 0 bridgehead atoms. The molecule has 0 spiro atoms. The molecule has 0 unspecified atom stereocenters. The molecular weight excluding hydrogens is 226 g/mol. The molecule has 3 heterocycles. The number of nitrogens with zero attached hydrogens (tertiary/aromatic N) is 4. The van der Waals surface area contributed by atoms with Gasteiger partial charge >= 0.3 is 0 Å². The van der Waals surface area contributed by atoms with Crippen LogP contribution in [0.3, 0.4) is 0 Å². The minimum Gasteiger partial charge on any atom is -0.328 e. The summed E-state index contributed by atoms with van der Waals surface area (Å²) in [6.45, 7) is 3.71. The first-order valence-electron chi connectivity index (χ1n) is 5.15. The van der Waals surface area contributed by atoms with Gasteiger partial charge in [0, 0.05) is 25.5 Å². The lowest BCUT2D eigenvalue weighted by atomic mass is 10.4. The second-order valence-corrected chi connectivity index (χ2v) is 3.70. The van der Waals surface area contributed by atoms with Crippen LogP contribution in [-0.4, -0.2) is 25.9 Å². The summed E-state index contributed by atoms with van der Waals surface area (Å²) in [5.41, 5.74) is 1.23. The van der Waals surface area contributed by atoms with Crippen molar-refractivity contribution in [3.05, 3.63) is 36.2 Å². The van der Waals surface area contributed by atoms with Crippen LogP contribution in [0.15, 0.2) is 24.7 Å². The Hall–Kier alpha value is -1.33. The number of hydrogen-bond acceptors (Lipinski definition) is 3. The zero-order valence-electron chi connectivity index (χ0n) is 8.83. The molecule has 3 rings (SSSR count). The van der Waals surface area contributed by atoms with Crippen LogP contribution in [0.1, 0.15) is 11.5 Å². The van der Waals surface area contributed by atoms with E-state index >= 15 is 0 Å². The predicted molar refractivity (Wildman–Crippen MR) is 62.5 cm³/mol. The lowest BCUT2D eigenvalue weighted by Crippen LogP contribution is -2.29. The summed E-state index contributed by atoms with van der Waals surface area (Å²) < 4.78 is 4.20. The first-order chi connectivity index (χ1) is 7.43. The fourth-order valence-corrected chi connectivity index (χ4v) is 1.95. The molecule has 5 nitrogen and oxygen atoms in total. The van der Waals surface area contributed by atoms with Crippen molar-refractivity contribution in [1.29, 1.82) is 0 Å². The van der Waals surface area contributed by atoms with E-state index in [1.165, 1.54) is 5.69 Å². The van der Waals surface area contributed by atoms with E-state index in [9.17, 15) is 0 Å². The Bertz CT molecular complexity index is 448. The van der Waals surface area contributed by atoms with Gasteiger partial charge in [-0.2, -0.15) is 5.10 Å². The molecule has 0 amide bonds. The number of nitrogens with one attached hydrogen (secondary N) is 1. The van der Waals surface area contributed by atoms with Gasteiger partial charge in [0.1, 0.15) is 5.82 Å². The van der Waals surface area contributed by atoms with E-state index in [4.69, 9.17) is 0 Å². The third kappa shape index (κ3) is 1.96. The maximum atomic E-state index is 4.40. The topological polar surface area (TPSA) is 47.7 Å². The lowest BCUT2D eigenvalue weighted by molar-refractivity contribution is 0.485. The van der Waals surface area contributed by atoms with Crippen LogP contribution < -0.4 is 5.32 Å². The largest absolute Gasteiger partial charge is 0.328 e. The minimum atomic E-state index is 0. The molecule has 1 aliphatic rings. The summed E-state index contributed by atoms with van der Waals surface area (Å²) in [5.74, 6) is 1.13. The molecule has 0 aromatic carbocycles. The summed E-state index contributed by atoms with van der Waals surface area (Å²) in [6.07, 6.45) is 5.72. The van der Waals surface area contributed by atoms with E-state index in [2.05, 4.69) is 20.0 Å². The van der Waals surface area contributed by atoms with Gasteiger partial charge in [0.25, 0.3) is 0 Å². The summed E-state index contributed by atoms with van der Waals surface area (Å²) in [5, 5.41) is 7.51. The molecule has 1 N–H and O–H groups in total. The van der Waals surface area contributed by atoms with Crippen molar-refractivity contribution in [3.63, 3.8) is 0 Å². The standard InChI is InChI=1S/C10H13N5.ClH/c1-2-13-14(4-1)8-9-6-12-10-7-11-3-5-15(9)10;/h1-2,4,6,11H,3,5,7-8H2;1H. The fraction of sp³-hybridized carbons (Fsp3) is 0.400. The maximum absolute atomic E-state index is 4.40. The number of rotatable bonds is 2. The molecular formula is C10H14ClN5. The maximum Gasteiger partial charge on any atom is 0.122 e. The minimum absolute atomic E-state index is 0. The molecule has 0 fully saturated rings. The third-order valence-electron chi connectivity index (χ3n) is 2.70. The van der Waals surface area contributed by atoms with Gasteiger partial charge in [-0.1, -0.05) is 0 Å². The predicted octanol–water partition coefficient (Wildman–Crippen LogP) is 0.653. The van der Waals surface area contributed by atoms with Crippen LogP contribution in [0.25, 0.3) is 0 Å². The Morgan fingerprint density at radius 2 is 2.38 bits per heavy atom. The van der Waals surface area contributed by atoms with Crippen LogP contribution in [0, 0.1) is 0 Å². The molecule has 2 aromatic heterocycles. The number of imidazole rings is 1. The van der Waals surface area contributed by atoms with Crippen LogP contribution in [0.4, 0.5) is 0 Å². The Morgan fingerprint density at radius 1 is 1.44 bits per heavy atom. The van der Waals surface area contributed by atoms with E-state index in [1.807, 2.05) is 23.1 Å².